The number of hydrogen-bond acceptors (Lipinski definition) is 4. The molecule has 0 aromatic carbocycles. The fourth-order valence-electron chi connectivity index (χ4n) is 0.821. The van der Waals surface area contributed by atoms with E-state index in [0.717, 1.165) is 19.6 Å². The fraction of sp³-hybridized carbons (Fsp3) is 0.800. The van der Waals surface area contributed by atoms with Crippen molar-refractivity contribution in [3.8, 4) is 0 Å². The maximum absolute atomic E-state index is 13.6. The molecule has 0 saturated carbocycles. The summed E-state index contributed by atoms with van der Waals surface area (Å²) in [7, 11) is -9.33. The van der Waals surface area contributed by atoms with Gasteiger partial charge in [-0.25, -0.2) is 9.18 Å². The average Bonchev–Trinajstić information content (AvgIpc) is 1.97. The maximum atomic E-state index is 13.6. The lowest BCUT2D eigenvalue weighted by Crippen LogP contribution is -2.58. The normalized spacial score (nSPS) is 17.3. The molecule has 0 amide bonds. The van der Waals surface area contributed by atoms with Gasteiger partial charge in [-0.1, -0.05) is 19.6 Å². The number of rotatable bonds is 3. The van der Waals surface area contributed by atoms with Crippen molar-refractivity contribution in [2.24, 2.45) is 0 Å². The van der Waals surface area contributed by atoms with Gasteiger partial charge in [0.05, 0.1) is 0 Å². The molecular weight excluding hydrogens is 241 g/mol. The zero-order valence-corrected chi connectivity index (χ0v) is 9.49. The molecule has 0 bridgehead atoms. The predicted octanol–water partition coefficient (Wildman–Crippen LogP) is 1.26. The number of carbonyl (C=O) groups excluding carboxylic acids is 1. The van der Waals surface area contributed by atoms with Gasteiger partial charge in [0.1, 0.15) is 8.07 Å². The molecular formula is C5H9F3O4SSi. The van der Waals surface area contributed by atoms with Gasteiger partial charge in [0.2, 0.25) is 0 Å². The maximum Gasteiger partial charge on any atom is 0.400 e. The van der Waals surface area contributed by atoms with Gasteiger partial charge >= 0.3 is 20.8 Å². The van der Waals surface area contributed by atoms with Gasteiger partial charge in [-0.15, -0.1) is 3.89 Å². The van der Waals surface area contributed by atoms with Crippen LogP contribution in [0, 0.1) is 0 Å². The number of halogens is 3. The van der Waals surface area contributed by atoms with Crippen molar-refractivity contribution in [2.45, 2.75) is 24.3 Å². The van der Waals surface area contributed by atoms with Crippen LogP contribution in [0.25, 0.3) is 0 Å². The Morgan fingerprint density at radius 3 is 1.79 bits per heavy atom. The standard InChI is InChI=1S/C5H9F3O4SSi/c1-14(2,3)5(6,4(9)12-7)13(8,10)11/h1-3H3. The Morgan fingerprint density at radius 2 is 1.71 bits per heavy atom. The molecule has 0 aromatic heterocycles. The van der Waals surface area contributed by atoms with Gasteiger partial charge in [0.15, 0.2) is 0 Å². The molecule has 0 aliphatic carbocycles. The van der Waals surface area contributed by atoms with Crippen molar-refractivity contribution in [1.82, 2.24) is 0 Å². The lowest BCUT2D eigenvalue weighted by molar-refractivity contribution is -0.189. The largest absolute Gasteiger partial charge is 0.400 e. The zero-order chi connectivity index (χ0) is 11.8. The molecule has 1 unspecified atom stereocenters. The summed E-state index contributed by atoms with van der Waals surface area (Å²) in [5.74, 6) is -2.36. The van der Waals surface area contributed by atoms with Crippen LogP contribution in [0.4, 0.5) is 12.8 Å². The highest BCUT2D eigenvalue weighted by Crippen LogP contribution is 2.34. The Kier molecular flexibility index (Phi) is 3.39. The summed E-state index contributed by atoms with van der Waals surface area (Å²) in [6, 6.07) is 0. The molecule has 0 aromatic rings. The lowest BCUT2D eigenvalue weighted by atomic mass is 10.7. The van der Waals surface area contributed by atoms with Gasteiger partial charge in [-0.3, -0.25) is 4.94 Å². The van der Waals surface area contributed by atoms with Crippen LogP contribution in [0.3, 0.4) is 0 Å². The average molecular weight is 250 g/mol. The van der Waals surface area contributed by atoms with Crippen LogP contribution < -0.4 is 0 Å². The highest BCUT2D eigenvalue weighted by molar-refractivity contribution is 7.90. The van der Waals surface area contributed by atoms with E-state index in [-0.39, 0.29) is 0 Å². The molecule has 0 rings (SSSR count). The number of hydrogen-bond donors (Lipinski definition) is 0. The van der Waals surface area contributed by atoms with Gasteiger partial charge < -0.3 is 0 Å². The molecule has 0 saturated heterocycles. The molecule has 14 heavy (non-hydrogen) atoms. The molecule has 0 aliphatic rings. The van der Waals surface area contributed by atoms with Crippen LogP contribution >= 0.6 is 0 Å². The second kappa shape index (κ2) is 3.53. The van der Waals surface area contributed by atoms with E-state index < -0.39 is 28.9 Å². The highest BCUT2D eigenvalue weighted by atomic mass is 32.3. The summed E-state index contributed by atoms with van der Waals surface area (Å²) in [5, 5.41) is 0. The molecule has 84 valence electrons. The van der Waals surface area contributed by atoms with Gasteiger partial charge in [-0.2, -0.15) is 8.42 Å². The van der Waals surface area contributed by atoms with E-state index >= 15 is 0 Å². The molecule has 1 atom stereocenters. The summed E-state index contributed by atoms with van der Waals surface area (Å²) in [6.45, 7) is 3.17. The number of carbonyl (C=O) groups is 1. The first-order chi connectivity index (χ1) is 5.98. The second-order valence-electron chi connectivity index (χ2n) is 3.65. The van der Waals surface area contributed by atoms with Crippen LogP contribution in [0.15, 0.2) is 0 Å². The summed E-state index contributed by atoms with van der Waals surface area (Å²) in [6.07, 6.45) is 0. The minimum atomic E-state index is -5.85. The minimum absolute atomic E-state index is 1.06. The second-order valence-corrected chi connectivity index (χ2v) is 10.6. The zero-order valence-electron chi connectivity index (χ0n) is 7.68. The molecule has 9 heteroatoms. The first-order valence-corrected chi connectivity index (χ1v) is 8.33. The van der Waals surface area contributed by atoms with Crippen molar-refractivity contribution in [2.75, 3.05) is 0 Å². The third kappa shape index (κ3) is 1.92. The van der Waals surface area contributed by atoms with E-state index in [1.807, 2.05) is 0 Å². The van der Waals surface area contributed by atoms with Crippen LogP contribution in [0.1, 0.15) is 0 Å². The fourth-order valence-corrected chi connectivity index (χ4v) is 4.63. The van der Waals surface area contributed by atoms with E-state index in [1.54, 1.807) is 0 Å². The topological polar surface area (TPSA) is 60.4 Å². The third-order valence-electron chi connectivity index (χ3n) is 1.63. The lowest BCUT2D eigenvalue weighted by Gasteiger charge is -2.27. The Labute approximate surface area is 80.2 Å². The van der Waals surface area contributed by atoms with Crippen LogP contribution in [0.2, 0.25) is 19.6 Å². The van der Waals surface area contributed by atoms with Crippen molar-refractivity contribution in [1.29, 1.82) is 0 Å². The van der Waals surface area contributed by atoms with Crippen molar-refractivity contribution in [3.63, 3.8) is 0 Å². The van der Waals surface area contributed by atoms with E-state index in [2.05, 4.69) is 4.94 Å². The van der Waals surface area contributed by atoms with Gasteiger partial charge in [-0.05, 0) is 0 Å². The smallest absolute Gasteiger partial charge is 0.250 e. The van der Waals surface area contributed by atoms with E-state index in [0.29, 0.717) is 0 Å². The Balaban J connectivity index is 5.66. The summed E-state index contributed by atoms with van der Waals surface area (Å²) in [5.41, 5.74) is 0. The minimum Gasteiger partial charge on any atom is -0.250 e. The van der Waals surface area contributed by atoms with Crippen molar-refractivity contribution >= 4 is 24.3 Å². The quantitative estimate of drug-likeness (QED) is 0.559. The first kappa shape index (κ1) is 13.4. The summed E-state index contributed by atoms with van der Waals surface area (Å²) >= 11 is 0. The van der Waals surface area contributed by atoms with Crippen molar-refractivity contribution in [3.05, 3.63) is 0 Å². The van der Waals surface area contributed by atoms with Crippen LogP contribution in [-0.2, 0) is 20.0 Å². The Bertz CT molecular complexity index is 335. The summed E-state index contributed by atoms with van der Waals surface area (Å²) < 4.78 is 54.5. The molecule has 0 fully saturated rings. The Morgan fingerprint density at radius 1 is 1.36 bits per heavy atom. The summed E-state index contributed by atoms with van der Waals surface area (Å²) in [4.78, 5) is 13.0. The predicted molar refractivity (Wildman–Crippen MR) is 44.4 cm³/mol. The Hall–Kier alpha value is -0.573. The first-order valence-electron chi connectivity index (χ1n) is 3.44. The van der Waals surface area contributed by atoms with E-state index in [4.69, 9.17) is 0 Å². The molecule has 0 heterocycles. The van der Waals surface area contributed by atoms with Crippen LogP contribution in [-0.4, -0.2) is 27.1 Å². The SMILES string of the molecule is C[Si](C)(C)C(F)(C(=O)OF)S(=O)(=O)F. The molecule has 0 radical (unpaired) electrons. The molecule has 0 N–H and O–H groups in total. The van der Waals surface area contributed by atoms with Crippen LogP contribution in [0.5, 0.6) is 0 Å². The monoisotopic (exact) mass is 250 g/mol. The third-order valence-corrected chi connectivity index (χ3v) is 7.17. The van der Waals surface area contributed by atoms with Gasteiger partial charge in [0, 0.05) is 4.53 Å². The van der Waals surface area contributed by atoms with Crippen molar-refractivity contribution < 1.29 is 31.0 Å². The van der Waals surface area contributed by atoms with E-state index in [1.165, 1.54) is 0 Å². The van der Waals surface area contributed by atoms with E-state index in [9.17, 15) is 26.0 Å². The number of alkyl halides is 1. The highest BCUT2D eigenvalue weighted by Gasteiger charge is 2.64. The molecule has 0 spiro atoms. The molecule has 4 nitrogen and oxygen atoms in total. The van der Waals surface area contributed by atoms with Gasteiger partial charge in [0.25, 0.3) is 0 Å². The molecule has 0 aliphatic heterocycles.